The zero-order valence-corrected chi connectivity index (χ0v) is 31.5. The minimum absolute atomic E-state index is 0.188. The summed E-state index contributed by atoms with van der Waals surface area (Å²) < 4.78 is 114. The molecule has 0 amide bonds. The molecule has 0 saturated carbocycles. The Balaban J connectivity index is 1.29. The molecule has 0 unspecified atom stereocenters. The fraction of sp³-hybridized carbons (Fsp3) is 0.271. The summed E-state index contributed by atoms with van der Waals surface area (Å²) in [6.45, 7) is 1.88. The molecule has 0 atom stereocenters. The van der Waals surface area contributed by atoms with Gasteiger partial charge in [0.05, 0.1) is 16.6 Å². The predicted octanol–water partition coefficient (Wildman–Crippen LogP) is 12.5. The highest BCUT2D eigenvalue weighted by Crippen LogP contribution is 2.44. The van der Waals surface area contributed by atoms with Crippen LogP contribution in [0, 0.1) is 0 Å². The van der Waals surface area contributed by atoms with E-state index in [2.05, 4.69) is 31.8 Å². The van der Waals surface area contributed by atoms with Crippen molar-refractivity contribution in [2.24, 2.45) is 0 Å². The van der Waals surface area contributed by atoms with Gasteiger partial charge in [-0.2, -0.15) is 8.78 Å². The molecule has 4 aromatic carbocycles. The van der Waals surface area contributed by atoms with E-state index in [1.807, 2.05) is 61.7 Å². The quantitative estimate of drug-likeness (QED) is 0.165. The van der Waals surface area contributed by atoms with Crippen LogP contribution in [-0.2, 0) is 22.2 Å². The van der Waals surface area contributed by atoms with Gasteiger partial charge in [-0.15, -0.1) is 0 Å². The van der Waals surface area contributed by atoms with E-state index in [4.69, 9.17) is 17.3 Å². The number of aromatic nitrogens is 3. The standard InChI is InChI=1S/C48H47F2N5/c1-45(2,3)31-16-19-36(20-17-31)53-30-54(40-14-11-10-13-39(40)53)37-26-34(47(7,8)9)25-35(27-37)48(49,50)33-18-21-38-42(28-33)55(41-15-12-23-52-44(38)41)43-29-32(22-24-51-43)46(4,5)6/h10-29H,1-9H3/q+2/i1D3,2D3,3D3. The van der Waals surface area contributed by atoms with Crippen LogP contribution in [0.1, 0.15) is 102 Å². The zero-order valence-electron chi connectivity index (χ0n) is 40.5. The van der Waals surface area contributed by atoms with Gasteiger partial charge in [-0.3, -0.25) is 9.55 Å². The fourth-order valence-electron chi connectivity index (χ4n) is 7.11. The Morgan fingerprint density at radius 1 is 0.564 bits per heavy atom. The van der Waals surface area contributed by atoms with Crippen molar-refractivity contribution in [2.75, 3.05) is 0 Å². The van der Waals surface area contributed by atoms with E-state index in [1.54, 1.807) is 45.8 Å². The van der Waals surface area contributed by atoms with Crippen LogP contribution < -0.4 is 9.15 Å². The van der Waals surface area contributed by atoms with Crippen molar-refractivity contribution in [3.8, 4) is 5.82 Å². The largest absolute Gasteiger partial charge is 0.503 e. The van der Waals surface area contributed by atoms with Crippen LogP contribution >= 0.6 is 0 Å². The van der Waals surface area contributed by atoms with E-state index in [9.17, 15) is 0 Å². The highest BCUT2D eigenvalue weighted by Gasteiger charge is 2.41. The first-order valence-corrected chi connectivity index (χ1v) is 18.1. The number of hydrogen-bond acceptors (Lipinski definition) is 2. The first kappa shape index (κ1) is 26.9. The lowest BCUT2D eigenvalue weighted by molar-refractivity contribution is 0.0428. The number of fused-ring (bicyclic) bond motifs is 4. The summed E-state index contributed by atoms with van der Waals surface area (Å²) in [5.74, 6) is -2.92. The van der Waals surface area contributed by atoms with Gasteiger partial charge in [0.2, 0.25) is 11.4 Å². The molecular weight excluding hydrogens is 685 g/mol. The average Bonchev–Trinajstić information content (AvgIpc) is 3.75. The fourth-order valence-corrected chi connectivity index (χ4v) is 7.11. The molecule has 5 nitrogen and oxygen atoms in total. The molecule has 1 aliphatic heterocycles. The lowest BCUT2D eigenvalue weighted by Gasteiger charge is -2.23. The van der Waals surface area contributed by atoms with E-state index >= 15 is 8.78 Å². The Kier molecular flexibility index (Phi) is 6.18. The monoisotopic (exact) mass is 740 g/mol. The highest BCUT2D eigenvalue weighted by atomic mass is 19.3. The van der Waals surface area contributed by atoms with Crippen molar-refractivity contribution in [2.45, 2.75) is 84.3 Å². The number of halogens is 2. The third kappa shape index (κ3) is 6.36. The topological polar surface area (TPSA) is 36.7 Å². The predicted molar refractivity (Wildman–Crippen MR) is 223 cm³/mol. The van der Waals surface area contributed by atoms with E-state index < -0.39 is 42.9 Å². The Labute approximate surface area is 334 Å². The second-order valence-electron chi connectivity index (χ2n) is 16.2. The maximum Gasteiger partial charge on any atom is 0.503 e. The van der Waals surface area contributed by atoms with Gasteiger partial charge in [-0.1, -0.05) is 98.5 Å². The van der Waals surface area contributed by atoms with Crippen molar-refractivity contribution >= 4 is 50.7 Å². The Morgan fingerprint density at radius 3 is 1.89 bits per heavy atom. The number of pyridine rings is 2. The van der Waals surface area contributed by atoms with E-state index in [0.717, 1.165) is 11.1 Å². The molecule has 8 rings (SSSR count). The molecule has 4 heterocycles. The maximum absolute atomic E-state index is 17.5. The summed E-state index contributed by atoms with van der Waals surface area (Å²) in [5, 5.41) is 0.703. The molecule has 0 N–H and O–H groups in total. The van der Waals surface area contributed by atoms with E-state index in [0.29, 0.717) is 50.6 Å². The smallest absolute Gasteiger partial charge is 0.292 e. The molecule has 3 aromatic heterocycles. The second-order valence-corrected chi connectivity index (χ2v) is 16.2. The van der Waals surface area contributed by atoms with Gasteiger partial charge in [-0.05, 0) is 78.5 Å². The number of rotatable bonds is 5. The molecule has 55 heavy (non-hydrogen) atoms. The van der Waals surface area contributed by atoms with Gasteiger partial charge in [0.25, 0.3) is 17.3 Å². The van der Waals surface area contributed by atoms with Crippen molar-refractivity contribution in [1.29, 1.82) is 0 Å². The summed E-state index contributed by atoms with van der Waals surface area (Å²) in [7, 11) is 0. The number of hydrogen-bond donors (Lipinski definition) is 0. The summed E-state index contributed by atoms with van der Waals surface area (Å²) in [6, 6.07) is 32.9. The van der Waals surface area contributed by atoms with Crippen LogP contribution in [0.3, 0.4) is 0 Å². The molecule has 0 fully saturated rings. The van der Waals surface area contributed by atoms with Crippen LogP contribution in [0.2, 0.25) is 0 Å². The summed E-state index contributed by atoms with van der Waals surface area (Å²) in [6.07, 6.45) is 3.41. The van der Waals surface area contributed by atoms with Crippen LogP contribution in [-0.4, -0.2) is 20.5 Å². The second kappa shape index (κ2) is 12.6. The molecule has 0 radical (unpaired) electrons. The molecule has 7 aromatic rings. The maximum atomic E-state index is 17.5. The summed E-state index contributed by atoms with van der Waals surface area (Å²) in [5.41, 5.74) is 0.776. The Morgan fingerprint density at radius 2 is 1.22 bits per heavy atom. The Hall–Kier alpha value is -5.78. The third-order valence-electron chi connectivity index (χ3n) is 10.3. The zero-order chi connectivity index (χ0) is 46.6. The van der Waals surface area contributed by atoms with Crippen LogP contribution in [0.25, 0.3) is 27.8 Å². The molecule has 0 aliphatic carbocycles. The normalized spacial score (nSPS) is 16.8. The summed E-state index contributed by atoms with van der Waals surface area (Å²) >= 11 is 0. The number of nitrogens with zero attached hydrogens (tertiary/aromatic N) is 5. The average molecular weight is 741 g/mol. The molecule has 276 valence electrons. The summed E-state index contributed by atoms with van der Waals surface area (Å²) in [4.78, 5) is 9.33. The third-order valence-corrected chi connectivity index (χ3v) is 10.3. The number of alkyl halides is 2. The van der Waals surface area contributed by atoms with Crippen molar-refractivity contribution in [3.63, 3.8) is 0 Å². The van der Waals surface area contributed by atoms with Crippen LogP contribution in [0.15, 0.2) is 122 Å². The van der Waals surface area contributed by atoms with Crippen molar-refractivity contribution < 1.29 is 21.1 Å². The van der Waals surface area contributed by atoms with Crippen molar-refractivity contribution in [1.82, 2.24) is 23.7 Å². The van der Waals surface area contributed by atoms with Gasteiger partial charge in [0.1, 0.15) is 5.82 Å². The minimum atomic E-state index is -3.50. The SMILES string of the molecule is [2H]C([2H])([2H])C(c1ccc([N+]2=C=[N+](c3cc(C(C)(C)C)cc(C(F)(F)c4ccc5c6ncccc6n(-c6cc(C(C)(C)C)ccn6)c5c4)c3)c3ccccc32)cc1)(C([2H])([2H])[2H])C([2H])([2H])[2H]. The molecule has 0 saturated heterocycles. The number of benzene rings is 4. The van der Waals surface area contributed by atoms with E-state index in [-0.39, 0.29) is 16.5 Å². The lowest BCUT2D eigenvalue weighted by atomic mass is 9.84. The molecular formula is C48H47F2N5+2. The van der Waals surface area contributed by atoms with Gasteiger partial charge in [-0.25, -0.2) is 4.98 Å². The first-order chi connectivity index (χ1) is 29.7. The minimum Gasteiger partial charge on any atom is -0.292 e. The van der Waals surface area contributed by atoms with E-state index in [1.165, 1.54) is 48.5 Å². The molecule has 0 spiro atoms. The van der Waals surface area contributed by atoms with Crippen molar-refractivity contribution in [3.05, 3.63) is 149 Å². The van der Waals surface area contributed by atoms with Gasteiger partial charge in [0.15, 0.2) is 0 Å². The number of para-hydroxylation sites is 2. The highest BCUT2D eigenvalue weighted by molar-refractivity contribution is 6.07. The van der Waals surface area contributed by atoms with Gasteiger partial charge >= 0.3 is 6.01 Å². The van der Waals surface area contributed by atoms with Gasteiger partial charge < -0.3 is 0 Å². The molecule has 0 bridgehead atoms. The molecule has 7 heteroatoms. The van der Waals surface area contributed by atoms with Crippen LogP contribution in [0.4, 0.5) is 31.5 Å². The lowest BCUT2D eigenvalue weighted by Crippen LogP contribution is -2.19. The Bertz CT molecular complexity index is 3020. The molecule has 1 aliphatic rings. The van der Waals surface area contributed by atoms with Gasteiger partial charge in [0, 0.05) is 77.6 Å². The first-order valence-electron chi connectivity index (χ1n) is 22.6. The van der Waals surface area contributed by atoms with Crippen LogP contribution in [0.5, 0.6) is 0 Å².